The quantitative estimate of drug-likeness (QED) is 0.584. The fourth-order valence-corrected chi connectivity index (χ4v) is 1.84. The molecule has 0 aromatic rings. The standard InChI is InChI=1S/C13H30N2O/c1-5-8-15(9-6-7-10-16-4)12-13(2,3)11-14/h5-12,14H2,1-4H3. The van der Waals surface area contributed by atoms with E-state index in [-0.39, 0.29) is 5.41 Å². The van der Waals surface area contributed by atoms with Gasteiger partial charge in [0.05, 0.1) is 0 Å². The number of rotatable bonds is 10. The van der Waals surface area contributed by atoms with Crippen molar-refractivity contribution < 1.29 is 4.74 Å². The third-order valence-electron chi connectivity index (χ3n) is 2.82. The van der Waals surface area contributed by atoms with Crippen molar-refractivity contribution in [3.05, 3.63) is 0 Å². The first kappa shape index (κ1) is 15.9. The number of hydrogen-bond acceptors (Lipinski definition) is 3. The molecule has 0 aliphatic rings. The van der Waals surface area contributed by atoms with Gasteiger partial charge in [0, 0.05) is 20.3 Å². The molecule has 0 aromatic carbocycles. The van der Waals surface area contributed by atoms with Crippen LogP contribution in [0.3, 0.4) is 0 Å². The molecule has 98 valence electrons. The number of nitrogens with zero attached hydrogens (tertiary/aromatic N) is 1. The summed E-state index contributed by atoms with van der Waals surface area (Å²) >= 11 is 0. The lowest BCUT2D eigenvalue weighted by Gasteiger charge is -2.31. The van der Waals surface area contributed by atoms with Gasteiger partial charge in [0.25, 0.3) is 0 Å². The van der Waals surface area contributed by atoms with Crippen molar-refractivity contribution in [2.45, 2.75) is 40.0 Å². The summed E-state index contributed by atoms with van der Waals surface area (Å²) in [6.45, 7) is 11.8. The minimum absolute atomic E-state index is 0.233. The van der Waals surface area contributed by atoms with Crippen LogP contribution in [0, 0.1) is 5.41 Å². The van der Waals surface area contributed by atoms with E-state index in [0.717, 1.165) is 26.1 Å². The number of nitrogens with two attached hydrogens (primary N) is 1. The Balaban J connectivity index is 3.87. The van der Waals surface area contributed by atoms with Crippen molar-refractivity contribution in [3.63, 3.8) is 0 Å². The maximum Gasteiger partial charge on any atom is 0.0462 e. The second-order valence-corrected chi connectivity index (χ2v) is 5.34. The normalized spacial score (nSPS) is 12.4. The lowest BCUT2D eigenvalue weighted by atomic mass is 9.93. The van der Waals surface area contributed by atoms with Crippen LogP contribution in [0.2, 0.25) is 0 Å². The molecule has 0 aromatic heterocycles. The summed E-state index contributed by atoms with van der Waals surface area (Å²) in [5.74, 6) is 0. The molecular formula is C13H30N2O. The van der Waals surface area contributed by atoms with E-state index in [1.807, 2.05) is 0 Å². The third-order valence-corrected chi connectivity index (χ3v) is 2.82. The maximum absolute atomic E-state index is 5.78. The van der Waals surface area contributed by atoms with Crippen LogP contribution >= 0.6 is 0 Å². The monoisotopic (exact) mass is 230 g/mol. The van der Waals surface area contributed by atoms with Crippen LogP contribution in [-0.2, 0) is 4.74 Å². The zero-order chi connectivity index (χ0) is 12.4. The SMILES string of the molecule is CCCN(CCCCOC)CC(C)(C)CN. The van der Waals surface area contributed by atoms with Crippen LogP contribution in [0.1, 0.15) is 40.0 Å². The first-order valence-electron chi connectivity index (χ1n) is 6.47. The molecule has 0 heterocycles. The summed E-state index contributed by atoms with van der Waals surface area (Å²) < 4.78 is 5.07. The molecule has 0 radical (unpaired) electrons. The van der Waals surface area contributed by atoms with Gasteiger partial charge in [0.2, 0.25) is 0 Å². The highest BCUT2D eigenvalue weighted by Crippen LogP contribution is 2.15. The molecule has 2 N–H and O–H groups in total. The number of ether oxygens (including phenoxy) is 1. The topological polar surface area (TPSA) is 38.5 Å². The number of methoxy groups -OCH3 is 1. The molecular weight excluding hydrogens is 200 g/mol. The minimum Gasteiger partial charge on any atom is -0.385 e. The molecule has 0 unspecified atom stereocenters. The molecule has 16 heavy (non-hydrogen) atoms. The molecule has 0 spiro atoms. The molecule has 0 atom stereocenters. The van der Waals surface area contributed by atoms with Crippen molar-refractivity contribution in [1.82, 2.24) is 4.90 Å². The average Bonchev–Trinajstić information content (AvgIpc) is 2.24. The van der Waals surface area contributed by atoms with E-state index in [4.69, 9.17) is 10.5 Å². The zero-order valence-electron chi connectivity index (χ0n) is 11.6. The summed E-state index contributed by atoms with van der Waals surface area (Å²) in [6, 6.07) is 0. The van der Waals surface area contributed by atoms with Gasteiger partial charge >= 0.3 is 0 Å². The second-order valence-electron chi connectivity index (χ2n) is 5.34. The van der Waals surface area contributed by atoms with Crippen molar-refractivity contribution in [1.29, 1.82) is 0 Å². The maximum atomic E-state index is 5.78. The van der Waals surface area contributed by atoms with E-state index in [9.17, 15) is 0 Å². The Bertz CT molecular complexity index is 160. The summed E-state index contributed by atoms with van der Waals surface area (Å²) in [6.07, 6.45) is 3.58. The molecule has 0 saturated heterocycles. The van der Waals surface area contributed by atoms with Crippen molar-refractivity contribution in [2.75, 3.05) is 39.9 Å². The molecule has 0 fully saturated rings. The van der Waals surface area contributed by atoms with Crippen LogP contribution in [0.5, 0.6) is 0 Å². The molecule has 0 rings (SSSR count). The largest absolute Gasteiger partial charge is 0.385 e. The highest BCUT2D eigenvalue weighted by Gasteiger charge is 2.19. The van der Waals surface area contributed by atoms with Crippen molar-refractivity contribution >= 4 is 0 Å². The van der Waals surface area contributed by atoms with E-state index in [1.54, 1.807) is 7.11 Å². The van der Waals surface area contributed by atoms with E-state index in [0.29, 0.717) is 0 Å². The Labute approximate surface area is 101 Å². The molecule has 3 nitrogen and oxygen atoms in total. The predicted molar refractivity (Wildman–Crippen MR) is 70.7 cm³/mol. The van der Waals surface area contributed by atoms with Gasteiger partial charge in [-0.1, -0.05) is 20.8 Å². The van der Waals surface area contributed by atoms with Gasteiger partial charge in [-0.2, -0.15) is 0 Å². The van der Waals surface area contributed by atoms with Gasteiger partial charge in [-0.25, -0.2) is 0 Å². The fourth-order valence-electron chi connectivity index (χ4n) is 1.84. The van der Waals surface area contributed by atoms with Crippen LogP contribution in [0.4, 0.5) is 0 Å². The summed E-state index contributed by atoms with van der Waals surface area (Å²) in [5, 5.41) is 0. The lowest BCUT2D eigenvalue weighted by molar-refractivity contribution is 0.162. The van der Waals surface area contributed by atoms with Crippen molar-refractivity contribution in [2.24, 2.45) is 11.1 Å². The van der Waals surface area contributed by atoms with Crippen LogP contribution in [0.25, 0.3) is 0 Å². The Kier molecular flexibility index (Phi) is 8.90. The highest BCUT2D eigenvalue weighted by atomic mass is 16.5. The van der Waals surface area contributed by atoms with Gasteiger partial charge < -0.3 is 15.4 Å². The van der Waals surface area contributed by atoms with Crippen LogP contribution < -0.4 is 5.73 Å². The molecule has 0 saturated carbocycles. The Morgan fingerprint density at radius 1 is 1.19 bits per heavy atom. The van der Waals surface area contributed by atoms with Crippen LogP contribution in [0.15, 0.2) is 0 Å². The van der Waals surface area contributed by atoms with Crippen LogP contribution in [-0.4, -0.2) is 44.8 Å². The zero-order valence-corrected chi connectivity index (χ0v) is 11.6. The van der Waals surface area contributed by atoms with E-state index >= 15 is 0 Å². The molecule has 0 aliphatic carbocycles. The van der Waals surface area contributed by atoms with Gasteiger partial charge in [-0.3, -0.25) is 0 Å². The smallest absolute Gasteiger partial charge is 0.0462 e. The van der Waals surface area contributed by atoms with Gasteiger partial charge in [-0.15, -0.1) is 0 Å². The molecule has 3 heteroatoms. The second kappa shape index (κ2) is 8.97. The summed E-state index contributed by atoms with van der Waals surface area (Å²) in [7, 11) is 1.77. The highest BCUT2D eigenvalue weighted by molar-refractivity contribution is 4.74. The van der Waals surface area contributed by atoms with E-state index < -0.39 is 0 Å². The van der Waals surface area contributed by atoms with E-state index in [2.05, 4.69) is 25.7 Å². The first-order chi connectivity index (χ1) is 7.55. The third kappa shape index (κ3) is 8.08. The van der Waals surface area contributed by atoms with Gasteiger partial charge in [-0.05, 0) is 44.3 Å². The van der Waals surface area contributed by atoms with E-state index in [1.165, 1.54) is 25.9 Å². The molecule has 0 bridgehead atoms. The van der Waals surface area contributed by atoms with Gasteiger partial charge in [0.15, 0.2) is 0 Å². The number of unbranched alkanes of at least 4 members (excludes halogenated alkanes) is 1. The van der Waals surface area contributed by atoms with Crippen molar-refractivity contribution in [3.8, 4) is 0 Å². The lowest BCUT2D eigenvalue weighted by Crippen LogP contribution is -2.39. The molecule has 0 amide bonds. The Morgan fingerprint density at radius 2 is 1.88 bits per heavy atom. The Morgan fingerprint density at radius 3 is 2.38 bits per heavy atom. The summed E-state index contributed by atoms with van der Waals surface area (Å²) in [5.41, 5.74) is 6.01. The number of hydrogen-bond donors (Lipinski definition) is 1. The Hall–Kier alpha value is -0.120. The summed E-state index contributed by atoms with van der Waals surface area (Å²) in [4.78, 5) is 2.53. The molecule has 0 aliphatic heterocycles. The van der Waals surface area contributed by atoms with Gasteiger partial charge in [0.1, 0.15) is 0 Å². The predicted octanol–water partition coefficient (Wildman–Crippen LogP) is 2.11. The first-order valence-corrected chi connectivity index (χ1v) is 6.47. The minimum atomic E-state index is 0.233. The average molecular weight is 230 g/mol. The fraction of sp³-hybridized carbons (Fsp3) is 1.00.